The predicted octanol–water partition coefficient (Wildman–Crippen LogP) is 1.08. The van der Waals surface area contributed by atoms with Crippen LogP contribution in [0.4, 0.5) is 0 Å². The molecule has 0 saturated carbocycles. The monoisotopic (exact) mass is 297 g/mol. The van der Waals surface area contributed by atoms with Gasteiger partial charge in [0.15, 0.2) is 5.16 Å². The molecule has 1 unspecified atom stereocenters. The Hall–Kier alpha value is -1.34. The summed E-state index contributed by atoms with van der Waals surface area (Å²) >= 11 is 1.09. The zero-order valence-corrected chi connectivity index (χ0v) is 12.3. The molecule has 0 spiro atoms. The van der Waals surface area contributed by atoms with E-state index in [1.165, 1.54) is 18.9 Å². The summed E-state index contributed by atoms with van der Waals surface area (Å²) in [7, 11) is 0. The Labute approximate surface area is 121 Å². The van der Waals surface area contributed by atoms with Gasteiger partial charge in [0, 0.05) is 24.8 Å². The highest BCUT2D eigenvalue weighted by Gasteiger charge is 2.17. The molecule has 2 rings (SSSR count). The first-order chi connectivity index (χ1) is 9.56. The van der Waals surface area contributed by atoms with Gasteiger partial charge in [-0.25, -0.2) is 0 Å². The van der Waals surface area contributed by atoms with E-state index in [9.17, 15) is 9.59 Å². The van der Waals surface area contributed by atoms with Gasteiger partial charge >= 0.3 is 5.97 Å². The van der Waals surface area contributed by atoms with E-state index < -0.39 is 5.97 Å². The molecule has 1 atom stereocenters. The van der Waals surface area contributed by atoms with E-state index in [2.05, 4.69) is 16.8 Å². The van der Waals surface area contributed by atoms with Crippen LogP contribution in [0.3, 0.4) is 0 Å². The lowest BCUT2D eigenvalue weighted by Crippen LogP contribution is -2.28. The molecule has 110 valence electrons. The normalized spacial score (nSPS) is 17.2. The van der Waals surface area contributed by atoms with Crippen LogP contribution in [0.25, 0.3) is 0 Å². The Kier molecular flexibility index (Phi) is 5.19. The van der Waals surface area contributed by atoms with Gasteiger partial charge in [-0.3, -0.25) is 9.59 Å². The third-order valence-corrected chi connectivity index (χ3v) is 4.28. The number of carbonyl (C=O) groups is 1. The molecule has 1 fully saturated rings. The molecule has 1 aliphatic rings. The van der Waals surface area contributed by atoms with Gasteiger partial charge in [-0.2, -0.15) is 4.98 Å². The molecule has 1 N–H and O–H groups in total. The Morgan fingerprint density at radius 2 is 2.20 bits per heavy atom. The maximum absolute atomic E-state index is 11.4. The van der Waals surface area contributed by atoms with Gasteiger partial charge in [0.2, 0.25) is 0 Å². The van der Waals surface area contributed by atoms with Gasteiger partial charge < -0.3 is 14.6 Å². The number of rotatable bonds is 6. The van der Waals surface area contributed by atoms with Crippen LogP contribution in [0.5, 0.6) is 0 Å². The first kappa shape index (κ1) is 15.1. The molecule has 7 heteroatoms. The van der Waals surface area contributed by atoms with Crippen LogP contribution >= 0.6 is 11.8 Å². The number of hydrogen-bond donors (Lipinski definition) is 1. The summed E-state index contributed by atoms with van der Waals surface area (Å²) in [5.41, 5.74) is -0.331. The predicted molar refractivity (Wildman–Crippen MR) is 77.2 cm³/mol. The molecular formula is C13H19N3O3S. The smallest absolute Gasteiger partial charge is 0.313 e. The average molecular weight is 297 g/mol. The number of likely N-dealkylation sites (tertiary alicyclic amines) is 1. The second kappa shape index (κ2) is 6.90. The van der Waals surface area contributed by atoms with Crippen molar-refractivity contribution in [2.75, 3.05) is 25.4 Å². The van der Waals surface area contributed by atoms with Crippen molar-refractivity contribution in [3.63, 3.8) is 0 Å². The van der Waals surface area contributed by atoms with Crippen molar-refractivity contribution in [1.29, 1.82) is 0 Å². The first-order valence-electron chi connectivity index (χ1n) is 6.72. The topological polar surface area (TPSA) is 75.4 Å². The molecule has 1 aromatic heterocycles. The molecule has 1 saturated heterocycles. The van der Waals surface area contributed by atoms with E-state index in [4.69, 9.17) is 5.11 Å². The second-order valence-corrected chi connectivity index (χ2v) is 5.94. The standard InChI is InChI=1S/C13H19N3O3S/c1-10(8-15-5-2-3-6-15)16-7-4-11(17)14-13(16)20-9-12(18)19/h4,7,10H,2-3,5-6,8-9H2,1H3,(H,18,19). The molecular weight excluding hydrogens is 278 g/mol. The molecule has 1 aromatic rings. The fourth-order valence-corrected chi connectivity index (χ4v) is 3.19. The molecule has 2 heterocycles. The van der Waals surface area contributed by atoms with Gasteiger partial charge in [0.05, 0.1) is 5.75 Å². The molecule has 0 bridgehead atoms. The lowest BCUT2D eigenvalue weighted by molar-refractivity contribution is -0.133. The maximum atomic E-state index is 11.4. The van der Waals surface area contributed by atoms with E-state index in [0.29, 0.717) is 5.16 Å². The summed E-state index contributed by atoms with van der Waals surface area (Å²) in [4.78, 5) is 28.3. The third-order valence-electron chi connectivity index (χ3n) is 3.33. The van der Waals surface area contributed by atoms with Gasteiger partial charge in [-0.1, -0.05) is 11.8 Å². The SMILES string of the molecule is CC(CN1CCCC1)n1ccc(=O)nc1SCC(=O)O. The van der Waals surface area contributed by atoms with Gasteiger partial charge in [0.1, 0.15) is 0 Å². The van der Waals surface area contributed by atoms with Gasteiger partial charge in [-0.15, -0.1) is 0 Å². The van der Waals surface area contributed by atoms with Gasteiger partial charge in [-0.05, 0) is 32.9 Å². The number of nitrogens with zero attached hydrogens (tertiary/aromatic N) is 3. The lowest BCUT2D eigenvalue weighted by Gasteiger charge is -2.24. The van der Waals surface area contributed by atoms with Crippen molar-refractivity contribution in [2.45, 2.75) is 31.0 Å². The largest absolute Gasteiger partial charge is 0.481 e. The Bertz CT molecular complexity index is 526. The Morgan fingerprint density at radius 1 is 1.50 bits per heavy atom. The van der Waals surface area contributed by atoms with E-state index >= 15 is 0 Å². The minimum Gasteiger partial charge on any atom is -0.481 e. The zero-order valence-electron chi connectivity index (χ0n) is 11.5. The van der Waals surface area contributed by atoms with Crippen LogP contribution in [-0.4, -0.2) is 50.9 Å². The minimum atomic E-state index is -0.910. The van der Waals surface area contributed by atoms with E-state index in [1.807, 2.05) is 4.57 Å². The molecule has 0 aromatic carbocycles. The average Bonchev–Trinajstić information content (AvgIpc) is 2.89. The van der Waals surface area contributed by atoms with Crippen LogP contribution in [-0.2, 0) is 4.79 Å². The van der Waals surface area contributed by atoms with Crippen LogP contribution in [0, 0.1) is 0 Å². The minimum absolute atomic E-state index is 0.0904. The summed E-state index contributed by atoms with van der Waals surface area (Å²) in [6, 6.07) is 1.59. The van der Waals surface area contributed by atoms with Crippen molar-refractivity contribution in [2.24, 2.45) is 0 Å². The number of aromatic nitrogens is 2. The highest BCUT2D eigenvalue weighted by molar-refractivity contribution is 7.99. The number of carboxylic acid groups (broad SMARTS) is 1. The molecule has 20 heavy (non-hydrogen) atoms. The third kappa shape index (κ3) is 4.08. The van der Waals surface area contributed by atoms with Gasteiger partial charge in [0.25, 0.3) is 5.56 Å². The van der Waals surface area contributed by atoms with E-state index in [0.717, 1.165) is 31.4 Å². The summed E-state index contributed by atoms with van der Waals surface area (Å²) < 4.78 is 1.90. The summed E-state index contributed by atoms with van der Waals surface area (Å²) in [6.07, 6.45) is 4.17. The number of carboxylic acids is 1. The summed E-state index contributed by atoms with van der Waals surface area (Å²) in [5.74, 6) is -1.00. The number of aliphatic carboxylic acids is 1. The van der Waals surface area contributed by atoms with Crippen molar-refractivity contribution in [3.8, 4) is 0 Å². The number of thioether (sulfide) groups is 1. The van der Waals surface area contributed by atoms with Crippen molar-refractivity contribution in [1.82, 2.24) is 14.5 Å². The van der Waals surface area contributed by atoms with Crippen LogP contribution in [0.15, 0.2) is 22.2 Å². The van der Waals surface area contributed by atoms with Crippen molar-refractivity contribution >= 4 is 17.7 Å². The molecule has 0 radical (unpaired) electrons. The highest BCUT2D eigenvalue weighted by atomic mass is 32.2. The second-order valence-electron chi connectivity index (χ2n) is 4.99. The summed E-state index contributed by atoms with van der Waals surface area (Å²) in [6.45, 7) is 5.17. The maximum Gasteiger partial charge on any atom is 0.313 e. The fourth-order valence-electron chi connectivity index (χ4n) is 2.39. The molecule has 6 nitrogen and oxygen atoms in total. The van der Waals surface area contributed by atoms with Crippen molar-refractivity contribution < 1.29 is 9.90 Å². The molecule has 1 aliphatic heterocycles. The summed E-state index contributed by atoms with van der Waals surface area (Å²) in [5, 5.41) is 9.24. The first-order valence-corrected chi connectivity index (χ1v) is 7.71. The quantitative estimate of drug-likeness (QED) is 0.625. The fraction of sp³-hybridized carbons (Fsp3) is 0.615. The number of hydrogen-bond acceptors (Lipinski definition) is 5. The van der Waals surface area contributed by atoms with Crippen LogP contribution < -0.4 is 5.56 Å². The zero-order chi connectivity index (χ0) is 14.5. The van der Waals surface area contributed by atoms with Crippen molar-refractivity contribution in [3.05, 3.63) is 22.6 Å². The molecule has 0 amide bonds. The van der Waals surface area contributed by atoms with E-state index in [-0.39, 0.29) is 17.4 Å². The van der Waals surface area contributed by atoms with E-state index in [1.54, 1.807) is 6.20 Å². The Morgan fingerprint density at radius 3 is 2.85 bits per heavy atom. The Balaban J connectivity index is 2.11. The lowest BCUT2D eigenvalue weighted by atomic mass is 10.3. The van der Waals surface area contributed by atoms with Crippen LogP contribution in [0.1, 0.15) is 25.8 Å². The molecule has 0 aliphatic carbocycles. The van der Waals surface area contributed by atoms with Crippen LogP contribution in [0.2, 0.25) is 0 Å². The highest BCUT2D eigenvalue weighted by Crippen LogP contribution is 2.20.